The van der Waals surface area contributed by atoms with E-state index in [1.54, 1.807) is 30.3 Å². The van der Waals surface area contributed by atoms with Crippen LogP contribution in [0.3, 0.4) is 0 Å². The van der Waals surface area contributed by atoms with Crippen molar-refractivity contribution in [3.8, 4) is 16.9 Å². The van der Waals surface area contributed by atoms with E-state index in [0.717, 1.165) is 24.2 Å². The van der Waals surface area contributed by atoms with Crippen LogP contribution in [0.2, 0.25) is 0 Å². The number of anilines is 1. The molecule has 0 heterocycles. The molecule has 6 nitrogen and oxygen atoms in total. The van der Waals surface area contributed by atoms with Crippen molar-refractivity contribution in [2.24, 2.45) is 5.92 Å². The summed E-state index contributed by atoms with van der Waals surface area (Å²) in [6.07, 6.45) is -3.79. The number of halogens is 4. The summed E-state index contributed by atoms with van der Waals surface area (Å²) in [6, 6.07) is 15.1. The molecule has 0 aromatic heterocycles. The van der Waals surface area contributed by atoms with Crippen LogP contribution in [0.1, 0.15) is 42.6 Å². The fourth-order valence-electron chi connectivity index (χ4n) is 3.79. The number of hydrogen-bond donors (Lipinski definition) is 3. The average molecular weight is 547 g/mol. The average Bonchev–Trinajstić information content (AvgIpc) is 2.90. The van der Waals surface area contributed by atoms with Gasteiger partial charge in [-0.15, -0.1) is 0 Å². The zero-order chi connectivity index (χ0) is 28.6. The molecular formula is C29H30F4N2O4. The summed E-state index contributed by atoms with van der Waals surface area (Å²) in [4.78, 5) is 22.7. The Morgan fingerprint density at radius 1 is 1.00 bits per heavy atom. The summed E-state index contributed by atoms with van der Waals surface area (Å²) in [6.45, 7) is 4.32. The van der Waals surface area contributed by atoms with Crippen molar-refractivity contribution in [3.63, 3.8) is 0 Å². The largest absolute Gasteiger partial charge is 0.491 e. The quantitative estimate of drug-likeness (QED) is 0.222. The molecule has 0 fully saturated rings. The number of hydrogen-bond acceptors (Lipinski definition) is 4. The summed E-state index contributed by atoms with van der Waals surface area (Å²) in [5.74, 6) is -1.51. The number of amides is 1. The summed E-state index contributed by atoms with van der Waals surface area (Å²) in [5, 5.41) is 14.6. The second kappa shape index (κ2) is 13.1. The molecule has 3 aromatic rings. The maximum Gasteiger partial charge on any atom is 0.416 e. The van der Waals surface area contributed by atoms with Gasteiger partial charge in [0.1, 0.15) is 18.2 Å². The molecule has 2 atom stereocenters. The SMILES string of the molecule is CC[C@H](C)[C@@H](COc1ccc(-c2ccc(C(F)(F)F)cc2)c(F)c1)Nc1ccc(C(=O)NCCC(=O)O)cc1. The Labute approximate surface area is 224 Å². The van der Waals surface area contributed by atoms with Crippen LogP contribution in [0.15, 0.2) is 66.7 Å². The minimum Gasteiger partial charge on any atom is -0.491 e. The first-order valence-corrected chi connectivity index (χ1v) is 12.4. The zero-order valence-electron chi connectivity index (χ0n) is 21.5. The van der Waals surface area contributed by atoms with E-state index in [-0.39, 0.29) is 48.8 Å². The van der Waals surface area contributed by atoms with Gasteiger partial charge in [0.15, 0.2) is 0 Å². The van der Waals surface area contributed by atoms with Crippen LogP contribution in [0, 0.1) is 11.7 Å². The van der Waals surface area contributed by atoms with Crippen molar-refractivity contribution in [2.45, 2.75) is 38.9 Å². The van der Waals surface area contributed by atoms with Gasteiger partial charge in [0.05, 0.1) is 18.0 Å². The molecule has 39 heavy (non-hydrogen) atoms. The number of carbonyl (C=O) groups is 2. The molecule has 0 spiro atoms. The maximum atomic E-state index is 14.8. The molecular weight excluding hydrogens is 516 g/mol. The third-order valence-corrected chi connectivity index (χ3v) is 6.35. The molecule has 0 aliphatic rings. The molecule has 208 valence electrons. The predicted octanol–water partition coefficient (Wildman–Crippen LogP) is 6.62. The topological polar surface area (TPSA) is 87.7 Å². The van der Waals surface area contributed by atoms with Gasteiger partial charge < -0.3 is 20.5 Å². The van der Waals surface area contributed by atoms with Crippen LogP contribution in [0.25, 0.3) is 11.1 Å². The molecule has 0 unspecified atom stereocenters. The normalized spacial score (nSPS) is 12.9. The summed E-state index contributed by atoms with van der Waals surface area (Å²) >= 11 is 0. The standard InChI is InChI=1S/C29H30F4N2O4/c1-3-18(2)26(35-22-10-6-20(7-11-22)28(38)34-15-14-27(36)37)17-39-23-12-13-24(25(30)16-23)19-4-8-21(9-5-19)29(31,32)33/h4-13,16,18,26,35H,3,14-15,17H2,1-2H3,(H,34,38)(H,36,37)/t18-,26+/m0/s1. The first kappa shape index (κ1) is 29.5. The highest BCUT2D eigenvalue weighted by atomic mass is 19.4. The lowest BCUT2D eigenvalue weighted by Gasteiger charge is -2.26. The number of carbonyl (C=O) groups excluding carboxylic acids is 1. The lowest BCUT2D eigenvalue weighted by atomic mass is 9.99. The molecule has 0 bridgehead atoms. The van der Waals surface area contributed by atoms with E-state index < -0.39 is 23.5 Å². The Morgan fingerprint density at radius 2 is 1.67 bits per heavy atom. The Hall–Kier alpha value is -4.08. The molecule has 0 radical (unpaired) electrons. The lowest BCUT2D eigenvalue weighted by molar-refractivity contribution is -0.138. The van der Waals surface area contributed by atoms with Crippen molar-refractivity contribution in [3.05, 3.63) is 83.7 Å². The van der Waals surface area contributed by atoms with Crippen LogP contribution in [-0.4, -0.2) is 36.2 Å². The van der Waals surface area contributed by atoms with Crippen molar-refractivity contribution in [1.82, 2.24) is 5.32 Å². The van der Waals surface area contributed by atoms with Crippen LogP contribution in [0.4, 0.5) is 23.2 Å². The van der Waals surface area contributed by atoms with E-state index in [1.807, 2.05) is 13.8 Å². The van der Waals surface area contributed by atoms with Gasteiger partial charge in [-0.05, 0) is 60.0 Å². The van der Waals surface area contributed by atoms with Gasteiger partial charge in [0, 0.05) is 29.4 Å². The molecule has 3 rings (SSSR count). The molecule has 0 aliphatic carbocycles. The van der Waals surface area contributed by atoms with E-state index in [1.165, 1.54) is 24.3 Å². The summed E-state index contributed by atoms with van der Waals surface area (Å²) < 4.78 is 59.1. The van der Waals surface area contributed by atoms with E-state index in [0.29, 0.717) is 11.1 Å². The highest BCUT2D eigenvalue weighted by molar-refractivity contribution is 5.94. The van der Waals surface area contributed by atoms with Crippen LogP contribution in [0.5, 0.6) is 5.75 Å². The van der Waals surface area contributed by atoms with Gasteiger partial charge in [0.2, 0.25) is 0 Å². The number of ether oxygens (including phenoxy) is 1. The number of carboxylic acids is 1. The van der Waals surface area contributed by atoms with Gasteiger partial charge in [-0.25, -0.2) is 4.39 Å². The first-order valence-electron chi connectivity index (χ1n) is 12.4. The monoisotopic (exact) mass is 546 g/mol. The Kier molecular flexibility index (Phi) is 9.92. The van der Waals surface area contributed by atoms with Gasteiger partial charge in [-0.2, -0.15) is 13.2 Å². The Morgan fingerprint density at radius 3 is 2.23 bits per heavy atom. The predicted molar refractivity (Wildman–Crippen MR) is 140 cm³/mol. The van der Waals surface area contributed by atoms with Crippen molar-refractivity contribution < 1.29 is 37.0 Å². The van der Waals surface area contributed by atoms with E-state index in [4.69, 9.17) is 9.84 Å². The molecule has 3 N–H and O–H groups in total. The fourth-order valence-corrected chi connectivity index (χ4v) is 3.79. The molecule has 10 heteroatoms. The third-order valence-electron chi connectivity index (χ3n) is 6.35. The molecule has 0 aliphatic heterocycles. The first-order chi connectivity index (χ1) is 18.5. The number of nitrogens with one attached hydrogen (secondary N) is 2. The fraction of sp³-hybridized carbons (Fsp3) is 0.310. The van der Waals surface area contributed by atoms with E-state index in [2.05, 4.69) is 10.6 Å². The van der Waals surface area contributed by atoms with E-state index >= 15 is 0 Å². The van der Waals surface area contributed by atoms with Crippen molar-refractivity contribution in [1.29, 1.82) is 0 Å². The summed E-state index contributed by atoms with van der Waals surface area (Å²) in [7, 11) is 0. The molecule has 0 saturated heterocycles. The lowest BCUT2D eigenvalue weighted by Crippen LogP contribution is -2.33. The maximum absolute atomic E-state index is 14.8. The second-order valence-electron chi connectivity index (χ2n) is 9.14. The van der Waals surface area contributed by atoms with Crippen molar-refractivity contribution in [2.75, 3.05) is 18.5 Å². The van der Waals surface area contributed by atoms with Crippen molar-refractivity contribution >= 4 is 17.6 Å². The van der Waals surface area contributed by atoms with Gasteiger partial charge in [-0.3, -0.25) is 9.59 Å². The third kappa shape index (κ3) is 8.46. The Balaban J connectivity index is 1.63. The Bertz CT molecular complexity index is 1260. The second-order valence-corrected chi connectivity index (χ2v) is 9.14. The highest BCUT2D eigenvalue weighted by Gasteiger charge is 2.30. The number of alkyl halides is 3. The minimum absolute atomic E-state index is 0.0352. The van der Waals surface area contributed by atoms with Gasteiger partial charge >= 0.3 is 12.1 Å². The number of carboxylic acid groups (broad SMARTS) is 1. The van der Waals surface area contributed by atoms with Gasteiger partial charge in [-0.1, -0.05) is 32.4 Å². The minimum atomic E-state index is -4.46. The molecule has 0 saturated carbocycles. The summed E-state index contributed by atoms with van der Waals surface area (Å²) in [5.41, 5.74) is 0.828. The zero-order valence-corrected chi connectivity index (χ0v) is 21.5. The smallest absolute Gasteiger partial charge is 0.416 e. The molecule has 3 aromatic carbocycles. The van der Waals surface area contributed by atoms with E-state index in [9.17, 15) is 27.2 Å². The van der Waals surface area contributed by atoms with Crippen LogP contribution in [-0.2, 0) is 11.0 Å². The number of rotatable bonds is 12. The van der Waals surface area contributed by atoms with Crippen LogP contribution >= 0.6 is 0 Å². The highest BCUT2D eigenvalue weighted by Crippen LogP contribution is 2.32. The van der Waals surface area contributed by atoms with Crippen LogP contribution < -0.4 is 15.4 Å². The molecule has 1 amide bonds. The number of benzene rings is 3. The van der Waals surface area contributed by atoms with Gasteiger partial charge in [0.25, 0.3) is 5.91 Å². The number of aliphatic carboxylic acids is 1.